The molecule has 174 valence electrons. The van der Waals surface area contributed by atoms with Crippen molar-refractivity contribution in [1.29, 1.82) is 0 Å². The first-order valence-electron chi connectivity index (χ1n) is 11.7. The van der Waals surface area contributed by atoms with E-state index in [-0.39, 0.29) is 47.8 Å². The number of hydrogen-bond acceptors (Lipinski definition) is 7. The lowest BCUT2D eigenvalue weighted by molar-refractivity contribution is -0.272. The predicted molar refractivity (Wildman–Crippen MR) is 112 cm³/mol. The number of carbonyl (C=O) groups is 2. The molecule has 9 atom stereocenters. The molecule has 3 aliphatic heterocycles. The minimum absolute atomic E-state index is 0.0454. The van der Waals surface area contributed by atoms with Crippen LogP contribution in [0.2, 0.25) is 0 Å². The molecule has 2 bridgehead atoms. The highest BCUT2D eigenvalue weighted by Crippen LogP contribution is 2.59. The van der Waals surface area contributed by atoms with Crippen LogP contribution in [0.3, 0.4) is 0 Å². The Balaban J connectivity index is 1.79. The smallest absolute Gasteiger partial charge is 0.309 e. The second-order valence-corrected chi connectivity index (χ2v) is 10.5. The van der Waals surface area contributed by atoms with Crippen LogP contribution in [0.5, 0.6) is 0 Å². The summed E-state index contributed by atoms with van der Waals surface area (Å²) in [7, 11) is 0. The first kappa shape index (κ1) is 22.7. The second-order valence-electron chi connectivity index (χ2n) is 10.5. The Labute approximate surface area is 184 Å². The van der Waals surface area contributed by atoms with Gasteiger partial charge in [0.05, 0.1) is 12.0 Å². The van der Waals surface area contributed by atoms with Gasteiger partial charge in [-0.2, -0.15) is 0 Å². The maximum Gasteiger partial charge on any atom is 0.309 e. The molecule has 1 saturated carbocycles. The van der Waals surface area contributed by atoms with Crippen LogP contribution in [0.1, 0.15) is 72.6 Å². The molecule has 4 fully saturated rings. The van der Waals surface area contributed by atoms with Crippen molar-refractivity contribution in [3.8, 4) is 0 Å². The van der Waals surface area contributed by atoms with Crippen molar-refractivity contribution in [1.82, 2.24) is 0 Å². The molecule has 0 aromatic carbocycles. The number of carbonyl (C=O) groups excluding carboxylic acids is 2. The molecular weight excluding hydrogens is 400 g/mol. The average Bonchev–Trinajstić information content (AvgIpc) is 3.07. The summed E-state index contributed by atoms with van der Waals surface area (Å²) in [6, 6.07) is 0. The first-order chi connectivity index (χ1) is 14.6. The summed E-state index contributed by atoms with van der Waals surface area (Å²) >= 11 is 0. The van der Waals surface area contributed by atoms with Crippen LogP contribution in [0.4, 0.5) is 0 Å². The zero-order chi connectivity index (χ0) is 22.6. The molecule has 0 aromatic heterocycles. The summed E-state index contributed by atoms with van der Waals surface area (Å²) in [5.74, 6) is -0.558. The topological polar surface area (TPSA) is 91.3 Å². The quantitative estimate of drug-likeness (QED) is 0.308. The van der Waals surface area contributed by atoms with Crippen molar-refractivity contribution in [2.75, 3.05) is 0 Å². The van der Waals surface area contributed by atoms with E-state index < -0.39 is 17.3 Å². The predicted octanol–water partition coefficient (Wildman–Crippen LogP) is 4.05. The summed E-state index contributed by atoms with van der Waals surface area (Å²) in [6.07, 6.45) is 2.99. The van der Waals surface area contributed by atoms with Crippen molar-refractivity contribution in [3.05, 3.63) is 12.2 Å². The van der Waals surface area contributed by atoms with Crippen LogP contribution in [0.15, 0.2) is 12.2 Å². The Bertz CT molecular complexity index is 750. The fourth-order valence-corrected chi connectivity index (χ4v) is 6.73. The summed E-state index contributed by atoms with van der Waals surface area (Å²) in [6.45, 7) is 12.0. The summed E-state index contributed by atoms with van der Waals surface area (Å²) in [4.78, 5) is 30.3. The fraction of sp³-hybridized carbons (Fsp3) is 0.833. The summed E-state index contributed by atoms with van der Waals surface area (Å²) in [5.41, 5.74) is -0.778. The highest BCUT2D eigenvalue weighted by molar-refractivity contribution is 5.73. The highest BCUT2D eigenvalue weighted by atomic mass is 17.1. The average molecular weight is 437 g/mol. The SMILES string of the molecule is C=C1CC2OC3C4C(CC[C@@](C)(OC(=O)CCC)C24)C(C)C(=O)O[C@@]3(C)CCC1OO. The van der Waals surface area contributed by atoms with E-state index in [0.717, 1.165) is 18.4 Å². The van der Waals surface area contributed by atoms with Gasteiger partial charge in [0.15, 0.2) is 0 Å². The standard InChI is InChI=1S/C24H36O7/c1-6-7-18(25)29-23(4)10-8-15-14(3)22(26)30-24(5)11-9-16(31-27)13(2)12-17-20(23)19(15)21(24)28-17/h14-17,19-21,27H,2,6-12H2,1,3-5H3/t14?,15?,16?,17?,19?,20?,21?,23-,24+/m1/s1. The molecule has 0 amide bonds. The van der Waals surface area contributed by atoms with Crippen molar-refractivity contribution in [2.45, 2.75) is 102 Å². The van der Waals surface area contributed by atoms with E-state index in [2.05, 4.69) is 6.58 Å². The van der Waals surface area contributed by atoms with Crippen LogP contribution in [0, 0.1) is 23.7 Å². The number of ether oxygens (including phenoxy) is 3. The van der Waals surface area contributed by atoms with Gasteiger partial charge in [-0.15, -0.1) is 0 Å². The molecule has 4 rings (SSSR count). The van der Waals surface area contributed by atoms with E-state index in [1.54, 1.807) is 0 Å². The fourth-order valence-electron chi connectivity index (χ4n) is 6.73. The third kappa shape index (κ3) is 3.72. The molecular formula is C24H36O7. The Morgan fingerprint density at radius 3 is 2.71 bits per heavy atom. The highest BCUT2D eigenvalue weighted by Gasteiger charge is 2.66. The van der Waals surface area contributed by atoms with E-state index in [1.807, 2.05) is 27.7 Å². The van der Waals surface area contributed by atoms with Gasteiger partial charge in [0.2, 0.25) is 0 Å². The van der Waals surface area contributed by atoms with Gasteiger partial charge in [-0.1, -0.05) is 20.4 Å². The molecule has 7 unspecified atom stereocenters. The maximum absolute atomic E-state index is 13.0. The van der Waals surface area contributed by atoms with E-state index in [0.29, 0.717) is 32.1 Å². The van der Waals surface area contributed by atoms with E-state index in [9.17, 15) is 14.8 Å². The van der Waals surface area contributed by atoms with Gasteiger partial charge in [-0.25, -0.2) is 4.89 Å². The minimum atomic E-state index is -0.842. The van der Waals surface area contributed by atoms with Crippen molar-refractivity contribution in [3.63, 3.8) is 0 Å². The third-order valence-corrected chi connectivity index (χ3v) is 8.36. The molecule has 3 saturated heterocycles. The zero-order valence-corrected chi connectivity index (χ0v) is 19.1. The van der Waals surface area contributed by atoms with Crippen molar-refractivity contribution in [2.24, 2.45) is 23.7 Å². The first-order valence-corrected chi connectivity index (χ1v) is 11.7. The number of esters is 2. The minimum Gasteiger partial charge on any atom is -0.459 e. The van der Waals surface area contributed by atoms with Gasteiger partial charge in [-0.3, -0.25) is 14.8 Å². The molecule has 1 N–H and O–H groups in total. The monoisotopic (exact) mass is 436 g/mol. The van der Waals surface area contributed by atoms with Gasteiger partial charge < -0.3 is 14.2 Å². The van der Waals surface area contributed by atoms with Crippen LogP contribution in [-0.4, -0.2) is 46.7 Å². The normalized spacial score (nSPS) is 46.9. The summed E-state index contributed by atoms with van der Waals surface area (Å²) < 4.78 is 18.9. The Hall–Kier alpha value is -1.44. The van der Waals surface area contributed by atoms with Crippen molar-refractivity contribution >= 4 is 11.9 Å². The Kier molecular flexibility index (Phi) is 5.99. The third-order valence-electron chi connectivity index (χ3n) is 8.36. The zero-order valence-electron chi connectivity index (χ0n) is 19.1. The molecule has 4 aliphatic rings. The van der Waals surface area contributed by atoms with Gasteiger partial charge in [0, 0.05) is 18.3 Å². The van der Waals surface area contributed by atoms with Gasteiger partial charge in [0.1, 0.15) is 23.4 Å². The molecule has 0 aromatic rings. The number of rotatable bonds is 4. The van der Waals surface area contributed by atoms with Crippen LogP contribution in [-0.2, 0) is 28.7 Å². The van der Waals surface area contributed by atoms with Gasteiger partial charge in [0.25, 0.3) is 0 Å². The lowest BCUT2D eigenvalue weighted by atomic mass is 9.58. The molecule has 7 nitrogen and oxygen atoms in total. The second kappa shape index (κ2) is 8.16. The lowest BCUT2D eigenvalue weighted by Gasteiger charge is -2.48. The Morgan fingerprint density at radius 1 is 1.29 bits per heavy atom. The molecule has 0 radical (unpaired) electrons. The number of fused-ring (bicyclic) bond motifs is 2. The van der Waals surface area contributed by atoms with E-state index in [4.69, 9.17) is 19.1 Å². The molecule has 0 spiro atoms. The van der Waals surface area contributed by atoms with E-state index in [1.165, 1.54) is 0 Å². The lowest BCUT2D eigenvalue weighted by Crippen LogP contribution is -2.55. The van der Waals surface area contributed by atoms with Gasteiger partial charge in [-0.05, 0) is 63.9 Å². The number of hydrogen-bond donors (Lipinski definition) is 1. The van der Waals surface area contributed by atoms with Gasteiger partial charge >= 0.3 is 11.9 Å². The molecule has 7 heteroatoms. The van der Waals surface area contributed by atoms with Crippen LogP contribution >= 0.6 is 0 Å². The van der Waals surface area contributed by atoms with Crippen LogP contribution in [0.25, 0.3) is 0 Å². The van der Waals surface area contributed by atoms with E-state index >= 15 is 0 Å². The van der Waals surface area contributed by atoms with Crippen LogP contribution < -0.4 is 0 Å². The molecule has 1 aliphatic carbocycles. The largest absolute Gasteiger partial charge is 0.459 e. The summed E-state index contributed by atoms with van der Waals surface area (Å²) in [5, 5.41) is 9.48. The maximum atomic E-state index is 13.0. The van der Waals surface area contributed by atoms with Crippen molar-refractivity contribution < 1.29 is 33.9 Å². The Morgan fingerprint density at radius 2 is 2.03 bits per heavy atom. The molecule has 31 heavy (non-hydrogen) atoms. The molecule has 3 heterocycles.